The van der Waals surface area contributed by atoms with E-state index < -0.39 is 0 Å². The summed E-state index contributed by atoms with van der Waals surface area (Å²) in [7, 11) is 1.63. The van der Waals surface area contributed by atoms with Crippen LogP contribution in [0.1, 0.15) is 24.8 Å². The average molecular weight is 290 g/mol. The first-order valence-electron chi connectivity index (χ1n) is 7.36. The SMILES string of the molecule is COCCCNC(=O)CN1C(=O)CCCc2ccccc21. The number of aryl methyl sites for hydroxylation is 1. The first kappa shape index (κ1) is 15.5. The van der Waals surface area contributed by atoms with Crippen LogP contribution in [0.4, 0.5) is 5.69 Å². The van der Waals surface area contributed by atoms with E-state index in [1.54, 1.807) is 12.0 Å². The molecule has 0 fully saturated rings. The van der Waals surface area contributed by atoms with Crippen LogP contribution in [-0.4, -0.2) is 38.6 Å². The molecule has 5 nitrogen and oxygen atoms in total. The molecule has 1 aliphatic heterocycles. The lowest BCUT2D eigenvalue weighted by Gasteiger charge is -2.22. The number of ether oxygens (including phenoxy) is 1. The Morgan fingerprint density at radius 3 is 2.95 bits per heavy atom. The van der Waals surface area contributed by atoms with Gasteiger partial charge in [-0.25, -0.2) is 0 Å². The van der Waals surface area contributed by atoms with Crippen LogP contribution in [0.25, 0.3) is 0 Å². The molecule has 1 N–H and O–H groups in total. The summed E-state index contributed by atoms with van der Waals surface area (Å²) in [5.41, 5.74) is 2.00. The van der Waals surface area contributed by atoms with Crippen LogP contribution in [0.2, 0.25) is 0 Å². The van der Waals surface area contributed by atoms with Crippen LogP contribution in [0, 0.1) is 0 Å². The summed E-state index contributed by atoms with van der Waals surface area (Å²) in [6.07, 6.45) is 2.98. The highest BCUT2D eigenvalue weighted by Crippen LogP contribution is 2.26. The number of amides is 2. The third-order valence-electron chi connectivity index (χ3n) is 3.57. The van der Waals surface area contributed by atoms with E-state index in [4.69, 9.17) is 4.74 Å². The van der Waals surface area contributed by atoms with Gasteiger partial charge in [0.05, 0.1) is 0 Å². The van der Waals surface area contributed by atoms with Gasteiger partial charge in [-0.1, -0.05) is 18.2 Å². The molecule has 1 aliphatic rings. The molecule has 2 rings (SSSR count). The van der Waals surface area contributed by atoms with E-state index in [0.717, 1.165) is 30.5 Å². The number of para-hydroxylation sites is 1. The lowest BCUT2D eigenvalue weighted by molar-refractivity contribution is -0.123. The molecule has 114 valence electrons. The van der Waals surface area contributed by atoms with Gasteiger partial charge in [0.2, 0.25) is 11.8 Å². The minimum Gasteiger partial charge on any atom is -0.385 e. The first-order chi connectivity index (χ1) is 10.2. The van der Waals surface area contributed by atoms with E-state index >= 15 is 0 Å². The zero-order valence-corrected chi connectivity index (χ0v) is 12.4. The maximum atomic E-state index is 12.2. The largest absolute Gasteiger partial charge is 0.385 e. The Balaban J connectivity index is 2.00. The number of rotatable bonds is 6. The molecule has 0 aliphatic carbocycles. The summed E-state index contributed by atoms with van der Waals surface area (Å²) in [5, 5.41) is 2.82. The van der Waals surface area contributed by atoms with Crippen LogP contribution in [0.3, 0.4) is 0 Å². The highest BCUT2D eigenvalue weighted by Gasteiger charge is 2.23. The molecule has 0 saturated carbocycles. The Morgan fingerprint density at radius 1 is 1.33 bits per heavy atom. The molecule has 5 heteroatoms. The Labute approximate surface area is 125 Å². The summed E-state index contributed by atoms with van der Waals surface area (Å²) >= 11 is 0. The number of fused-ring (bicyclic) bond motifs is 1. The zero-order chi connectivity index (χ0) is 15.1. The second kappa shape index (κ2) is 7.78. The fourth-order valence-electron chi connectivity index (χ4n) is 2.50. The van der Waals surface area contributed by atoms with Gasteiger partial charge in [-0.3, -0.25) is 9.59 Å². The van der Waals surface area contributed by atoms with Gasteiger partial charge in [0.25, 0.3) is 0 Å². The Kier molecular flexibility index (Phi) is 5.75. The Morgan fingerprint density at radius 2 is 2.14 bits per heavy atom. The predicted molar refractivity (Wildman–Crippen MR) is 81.2 cm³/mol. The van der Waals surface area contributed by atoms with Gasteiger partial charge >= 0.3 is 0 Å². The Hall–Kier alpha value is -1.88. The highest BCUT2D eigenvalue weighted by molar-refractivity contribution is 5.99. The minimum absolute atomic E-state index is 0.0204. The smallest absolute Gasteiger partial charge is 0.240 e. The van der Waals surface area contributed by atoms with E-state index in [9.17, 15) is 9.59 Å². The monoisotopic (exact) mass is 290 g/mol. The van der Waals surface area contributed by atoms with Crippen LogP contribution < -0.4 is 10.2 Å². The second-order valence-corrected chi connectivity index (χ2v) is 5.16. The number of hydrogen-bond donors (Lipinski definition) is 1. The number of anilines is 1. The Bertz CT molecular complexity index is 502. The van der Waals surface area contributed by atoms with Crippen LogP contribution in [-0.2, 0) is 20.7 Å². The second-order valence-electron chi connectivity index (χ2n) is 5.16. The molecular formula is C16H22N2O3. The molecule has 0 bridgehead atoms. The first-order valence-corrected chi connectivity index (χ1v) is 7.36. The predicted octanol–water partition coefficient (Wildman–Crippen LogP) is 1.51. The number of methoxy groups -OCH3 is 1. The highest BCUT2D eigenvalue weighted by atomic mass is 16.5. The molecule has 0 aromatic heterocycles. The fraction of sp³-hybridized carbons (Fsp3) is 0.500. The topological polar surface area (TPSA) is 58.6 Å². The molecule has 0 radical (unpaired) electrons. The molecule has 21 heavy (non-hydrogen) atoms. The third-order valence-corrected chi connectivity index (χ3v) is 3.57. The fourth-order valence-corrected chi connectivity index (χ4v) is 2.50. The van der Waals surface area contributed by atoms with Gasteiger partial charge < -0.3 is 15.0 Å². The summed E-state index contributed by atoms with van der Waals surface area (Å²) in [6, 6.07) is 7.81. The van der Waals surface area contributed by atoms with Gasteiger partial charge in [-0.15, -0.1) is 0 Å². The number of nitrogens with one attached hydrogen (secondary N) is 1. The van der Waals surface area contributed by atoms with Crippen LogP contribution in [0.15, 0.2) is 24.3 Å². The van der Waals surface area contributed by atoms with Crippen molar-refractivity contribution in [3.63, 3.8) is 0 Å². The standard InChI is InChI=1S/C16H22N2O3/c1-21-11-5-10-17-15(19)12-18-14-8-3-2-6-13(14)7-4-9-16(18)20/h2-3,6,8H,4-5,7,9-12H2,1H3,(H,17,19). The van der Waals surface area contributed by atoms with E-state index in [-0.39, 0.29) is 18.4 Å². The van der Waals surface area contributed by atoms with E-state index in [1.165, 1.54) is 0 Å². The molecule has 1 aromatic carbocycles. The van der Waals surface area contributed by atoms with E-state index in [2.05, 4.69) is 5.32 Å². The van der Waals surface area contributed by atoms with Crippen molar-refractivity contribution in [3.8, 4) is 0 Å². The lowest BCUT2D eigenvalue weighted by Crippen LogP contribution is -2.41. The van der Waals surface area contributed by atoms with Crippen molar-refractivity contribution in [2.24, 2.45) is 0 Å². The van der Waals surface area contributed by atoms with E-state index in [0.29, 0.717) is 19.6 Å². The minimum atomic E-state index is -0.129. The lowest BCUT2D eigenvalue weighted by atomic mass is 10.1. The van der Waals surface area contributed by atoms with Crippen molar-refractivity contribution in [2.75, 3.05) is 31.7 Å². The molecule has 1 heterocycles. The van der Waals surface area contributed by atoms with Crippen molar-refractivity contribution in [2.45, 2.75) is 25.7 Å². The summed E-state index contributed by atoms with van der Waals surface area (Å²) in [4.78, 5) is 25.8. The van der Waals surface area contributed by atoms with Crippen molar-refractivity contribution >= 4 is 17.5 Å². The van der Waals surface area contributed by atoms with Gasteiger partial charge in [-0.05, 0) is 30.9 Å². The molecule has 0 saturated heterocycles. The molecule has 0 unspecified atom stereocenters. The summed E-state index contributed by atoms with van der Waals surface area (Å²) in [6.45, 7) is 1.27. The summed E-state index contributed by atoms with van der Waals surface area (Å²) in [5.74, 6) is -0.108. The molecule has 2 amide bonds. The van der Waals surface area contributed by atoms with Crippen molar-refractivity contribution in [1.29, 1.82) is 0 Å². The molecular weight excluding hydrogens is 268 g/mol. The number of nitrogens with zero attached hydrogens (tertiary/aromatic N) is 1. The third kappa shape index (κ3) is 4.29. The zero-order valence-electron chi connectivity index (χ0n) is 12.4. The van der Waals surface area contributed by atoms with Gasteiger partial charge in [0.15, 0.2) is 0 Å². The average Bonchev–Trinajstić information content (AvgIpc) is 2.64. The number of carbonyl (C=O) groups is 2. The molecule has 1 aromatic rings. The van der Waals surface area contributed by atoms with Crippen LogP contribution >= 0.6 is 0 Å². The number of carbonyl (C=O) groups excluding carboxylic acids is 2. The van der Waals surface area contributed by atoms with Gasteiger partial charge in [0, 0.05) is 32.4 Å². The number of hydrogen-bond acceptors (Lipinski definition) is 3. The summed E-state index contributed by atoms with van der Waals surface area (Å²) < 4.78 is 4.94. The van der Waals surface area contributed by atoms with E-state index in [1.807, 2.05) is 24.3 Å². The van der Waals surface area contributed by atoms with Crippen LogP contribution in [0.5, 0.6) is 0 Å². The van der Waals surface area contributed by atoms with Crippen molar-refractivity contribution in [3.05, 3.63) is 29.8 Å². The normalized spacial score (nSPS) is 14.5. The number of benzene rings is 1. The van der Waals surface area contributed by atoms with Crippen molar-refractivity contribution < 1.29 is 14.3 Å². The maximum absolute atomic E-state index is 12.2. The molecule has 0 atom stereocenters. The quantitative estimate of drug-likeness (QED) is 0.808. The van der Waals surface area contributed by atoms with Gasteiger partial charge in [-0.2, -0.15) is 0 Å². The van der Waals surface area contributed by atoms with Gasteiger partial charge in [0.1, 0.15) is 6.54 Å². The van der Waals surface area contributed by atoms with Crippen molar-refractivity contribution in [1.82, 2.24) is 5.32 Å². The molecule has 0 spiro atoms. The maximum Gasteiger partial charge on any atom is 0.240 e.